The van der Waals surface area contributed by atoms with Crippen molar-refractivity contribution in [3.63, 3.8) is 0 Å². The quantitative estimate of drug-likeness (QED) is 0.936. The lowest BCUT2D eigenvalue weighted by atomic mass is 9.97. The van der Waals surface area contributed by atoms with Gasteiger partial charge in [-0.2, -0.15) is 0 Å². The van der Waals surface area contributed by atoms with Crippen LogP contribution in [0.2, 0.25) is 0 Å². The fraction of sp³-hybridized carbons (Fsp3) is 0.562. The van der Waals surface area contributed by atoms with Gasteiger partial charge in [-0.3, -0.25) is 4.90 Å². The highest BCUT2D eigenvalue weighted by molar-refractivity contribution is 5.36. The molecule has 1 saturated heterocycles. The summed E-state index contributed by atoms with van der Waals surface area (Å²) >= 11 is 0. The highest BCUT2D eigenvalue weighted by Gasteiger charge is 2.41. The fourth-order valence-electron chi connectivity index (χ4n) is 3.20. The highest BCUT2D eigenvalue weighted by atomic mass is 15.3. The summed E-state index contributed by atoms with van der Waals surface area (Å²) < 4.78 is 2.08. The van der Waals surface area contributed by atoms with Gasteiger partial charge in [-0.1, -0.05) is 0 Å². The molecule has 0 aliphatic carbocycles. The first-order valence-electron chi connectivity index (χ1n) is 7.77. The molecular weight excluding hydrogens is 276 g/mol. The molecule has 2 aromatic rings. The van der Waals surface area contributed by atoms with E-state index in [1.807, 2.05) is 39.6 Å². The second kappa shape index (κ2) is 5.68. The molecule has 118 valence electrons. The number of nitrogens with one attached hydrogen (secondary N) is 1. The van der Waals surface area contributed by atoms with E-state index in [0.29, 0.717) is 0 Å². The Morgan fingerprint density at radius 3 is 2.86 bits per heavy atom. The highest BCUT2D eigenvalue weighted by Crippen LogP contribution is 2.38. The average molecular weight is 300 g/mol. The largest absolute Gasteiger partial charge is 0.373 e. The average Bonchev–Trinajstić information content (AvgIpc) is 3.07. The van der Waals surface area contributed by atoms with Crippen molar-refractivity contribution in [1.29, 1.82) is 0 Å². The molecule has 0 spiro atoms. The van der Waals surface area contributed by atoms with Crippen LogP contribution in [-0.2, 0) is 19.1 Å². The lowest BCUT2D eigenvalue weighted by molar-refractivity contribution is 0.134. The third-order valence-electron chi connectivity index (χ3n) is 4.65. The number of rotatable bonds is 4. The van der Waals surface area contributed by atoms with Crippen molar-refractivity contribution in [2.45, 2.75) is 38.8 Å². The molecule has 1 fully saturated rings. The molecule has 0 bridgehead atoms. The molecule has 1 N–H and O–H groups in total. The van der Waals surface area contributed by atoms with E-state index >= 15 is 0 Å². The van der Waals surface area contributed by atoms with E-state index in [4.69, 9.17) is 9.97 Å². The third kappa shape index (κ3) is 2.59. The summed E-state index contributed by atoms with van der Waals surface area (Å²) in [7, 11) is 3.94. The molecule has 1 unspecified atom stereocenters. The van der Waals surface area contributed by atoms with Crippen LogP contribution in [0.1, 0.15) is 37.0 Å². The van der Waals surface area contributed by atoms with Crippen molar-refractivity contribution >= 4 is 5.82 Å². The smallest absolute Gasteiger partial charge is 0.150 e. The van der Waals surface area contributed by atoms with Crippen LogP contribution in [0.15, 0.2) is 18.6 Å². The summed E-state index contributed by atoms with van der Waals surface area (Å²) in [5.74, 6) is 1.80. The van der Waals surface area contributed by atoms with Gasteiger partial charge in [-0.25, -0.2) is 15.0 Å². The molecule has 3 rings (SSSR count). The first-order chi connectivity index (χ1) is 10.5. The summed E-state index contributed by atoms with van der Waals surface area (Å²) in [5.41, 5.74) is 2.10. The zero-order chi connectivity index (χ0) is 15.7. The minimum atomic E-state index is -0.123. The Hall–Kier alpha value is -1.95. The summed E-state index contributed by atoms with van der Waals surface area (Å²) in [6.45, 7) is 6.22. The molecule has 0 saturated carbocycles. The van der Waals surface area contributed by atoms with E-state index in [1.165, 1.54) is 12.1 Å². The molecule has 1 aliphatic heterocycles. The molecule has 22 heavy (non-hydrogen) atoms. The monoisotopic (exact) mass is 300 g/mol. The summed E-state index contributed by atoms with van der Waals surface area (Å²) in [4.78, 5) is 16.1. The van der Waals surface area contributed by atoms with Crippen molar-refractivity contribution in [1.82, 2.24) is 24.4 Å². The van der Waals surface area contributed by atoms with Crippen LogP contribution in [-0.4, -0.2) is 38.0 Å². The molecule has 1 aliphatic rings. The zero-order valence-corrected chi connectivity index (χ0v) is 13.8. The van der Waals surface area contributed by atoms with Gasteiger partial charge in [0, 0.05) is 38.6 Å². The van der Waals surface area contributed by atoms with Crippen molar-refractivity contribution in [3.8, 4) is 0 Å². The standard InChI is InChI=1S/C16H24N6/c1-12-8-14(17-3)20-15(19-12)16(2)6-5-7-22(16)10-13-9-18-11-21(13)4/h8-9,11H,5-7,10H2,1-4H3,(H,17,19,20). The van der Waals surface area contributed by atoms with Gasteiger partial charge in [0.2, 0.25) is 0 Å². The van der Waals surface area contributed by atoms with Gasteiger partial charge < -0.3 is 9.88 Å². The van der Waals surface area contributed by atoms with Crippen LogP contribution in [0.25, 0.3) is 0 Å². The predicted molar refractivity (Wildman–Crippen MR) is 86.5 cm³/mol. The molecule has 3 heterocycles. The Bertz CT molecular complexity index is 664. The molecule has 0 amide bonds. The molecule has 1 atom stereocenters. The maximum Gasteiger partial charge on any atom is 0.150 e. The molecule has 0 aromatic carbocycles. The second-order valence-electron chi connectivity index (χ2n) is 6.26. The zero-order valence-electron chi connectivity index (χ0n) is 13.8. The van der Waals surface area contributed by atoms with Crippen LogP contribution < -0.4 is 5.32 Å². The molecular formula is C16H24N6. The van der Waals surface area contributed by atoms with Crippen molar-refractivity contribution in [3.05, 3.63) is 35.8 Å². The minimum Gasteiger partial charge on any atom is -0.373 e. The number of aromatic nitrogens is 4. The van der Waals surface area contributed by atoms with Crippen LogP contribution >= 0.6 is 0 Å². The van der Waals surface area contributed by atoms with E-state index < -0.39 is 0 Å². The number of aryl methyl sites for hydroxylation is 2. The van der Waals surface area contributed by atoms with Crippen LogP contribution in [0.4, 0.5) is 5.82 Å². The lowest BCUT2D eigenvalue weighted by Gasteiger charge is -2.34. The van der Waals surface area contributed by atoms with Gasteiger partial charge in [0.15, 0.2) is 5.82 Å². The van der Waals surface area contributed by atoms with Crippen molar-refractivity contribution in [2.75, 3.05) is 18.9 Å². The summed E-state index contributed by atoms with van der Waals surface area (Å²) in [6.07, 6.45) is 6.04. The number of hydrogen-bond acceptors (Lipinski definition) is 5. The maximum atomic E-state index is 4.72. The maximum absolute atomic E-state index is 4.72. The Morgan fingerprint density at radius 2 is 2.18 bits per heavy atom. The molecule has 6 nitrogen and oxygen atoms in total. The molecule has 6 heteroatoms. The van der Waals surface area contributed by atoms with Crippen LogP contribution in [0.3, 0.4) is 0 Å². The first-order valence-corrected chi connectivity index (χ1v) is 7.77. The normalized spacial score (nSPS) is 22.2. The van der Waals surface area contributed by atoms with Gasteiger partial charge in [0.25, 0.3) is 0 Å². The summed E-state index contributed by atoms with van der Waals surface area (Å²) in [6, 6.07) is 1.98. The van der Waals surface area contributed by atoms with Gasteiger partial charge in [-0.05, 0) is 33.2 Å². The van der Waals surface area contributed by atoms with Crippen LogP contribution in [0, 0.1) is 6.92 Å². The molecule has 0 radical (unpaired) electrons. The minimum absolute atomic E-state index is 0.123. The second-order valence-corrected chi connectivity index (χ2v) is 6.26. The SMILES string of the molecule is CNc1cc(C)nc(C2(C)CCCN2Cc2cncn2C)n1. The number of likely N-dealkylation sites (tertiary alicyclic amines) is 1. The van der Waals surface area contributed by atoms with Crippen LogP contribution in [0.5, 0.6) is 0 Å². The Balaban J connectivity index is 1.93. The van der Waals surface area contributed by atoms with Gasteiger partial charge in [0.1, 0.15) is 5.82 Å². The topological polar surface area (TPSA) is 58.9 Å². The Morgan fingerprint density at radius 1 is 1.36 bits per heavy atom. The number of nitrogens with zero attached hydrogens (tertiary/aromatic N) is 5. The van der Waals surface area contributed by atoms with Gasteiger partial charge in [-0.15, -0.1) is 0 Å². The fourth-order valence-corrected chi connectivity index (χ4v) is 3.20. The Labute approximate surface area is 131 Å². The third-order valence-corrected chi connectivity index (χ3v) is 4.65. The van der Waals surface area contributed by atoms with E-state index in [0.717, 1.165) is 36.8 Å². The number of anilines is 1. The lowest BCUT2D eigenvalue weighted by Crippen LogP contribution is -2.40. The van der Waals surface area contributed by atoms with E-state index in [2.05, 4.69) is 26.7 Å². The predicted octanol–water partition coefficient (Wildman–Crippen LogP) is 2.07. The van der Waals surface area contributed by atoms with Gasteiger partial charge >= 0.3 is 0 Å². The first kappa shape index (κ1) is 15.0. The molecule has 2 aromatic heterocycles. The van der Waals surface area contributed by atoms with E-state index in [9.17, 15) is 0 Å². The van der Waals surface area contributed by atoms with Crippen molar-refractivity contribution < 1.29 is 0 Å². The van der Waals surface area contributed by atoms with E-state index in [1.54, 1.807) is 0 Å². The number of imidazole rings is 1. The Kier molecular flexibility index (Phi) is 3.87. The summed E-state index contributed by atoms with van der Waals surface area (Å²) in [5, 5.41) is 3.13. The number of hydrogen-bond donors (Lipinski definition) is 1. The van der Waals surface area contributed by atoms with Gasteiger partial charge in [0.05, 0.1) is 17.6 Å². The van der Waals surface area contributed by atoms with Crippen molar-refractivity contribution in [2.24, 2.45) is 7.05 Å². The van der Waals surface area contributed by atoms with E-state index in [-0.39, 0.29) is 5.54 Å².